The first-order valence-electron chi connectivity index (χ1n) is 8.20. The summed E-state index contributed by atoms with van der Waals surface area (Å²) in [4.78, 5) is 16.7. The summed E-state index contributed by atoms with van der Waals surface area (Å²) in [7, 11) is 0. The van der Waals surface area contributed by atoms with Gasteiger partial charge in [0.05, 0.1) is 5.39 Å². The second-order valence-corrected chi connectivity index (χ2v) is 5.90. The largest absolute Gasteiger partial charge is 0.501 e. The van der Waals surface area contributed by atoms with Crippen molar-refractivity contribution in [2.24, 2.45) is 0 Å². The molecule has 0 aliphatic carbocycles. The predicted molar refractivity (Wildman–Crippen MR) is 98.1 cm³/mol. The number of pyridine rings is 1. The van der Waals surface area contributed by atoms with Gasteiger partial charge in [0.2, 0.25) is 11.2 Å². The molecule has 0 amide bonds. The van der Waals surface area contributed by atoms with Crippen molar-refractivity contribution >= 4 is 11.0 Å². The molecule has 2 aromatic carbocycles. The molecule has 0 atom stereocenters. The fraction of sp³-hybridized carbons (Fsp3) is 0.0476. The van der Waals surface area contributed by atoms with E-state index in [0.29, 0.717) is 17.0 Å². The molecule has 2 aromatic heterocycles. The fourth-order valence-electron chi connectivity index (χ4n) is 2.67. The Morgan fingerprint density at radius 1 is 1.07 bits per heavy atom. The van der Waals surface area contributed by atoms with E-state index in [-0.39, 0.29) is 23.6 Å². The van der Waals surface area contributed by atoms with Crippen LogP contribution in [0.1, 0.15) is 5.56 Å². The molecule has 0 aliphatic rings. The van der Waals surface area contributed by atoms with Crippen LogP contribution in [0.25, 0.3) is 22.4 Å². The minimum absolute atomic E-state index is 0.0214. The number of fused-ring (bicyclic) bond motifs is 1. The third kappa shape index (κ3) is 3.37. The molecular weight excluding hydrogens is 349 g/mol. The van der Waals surface area contributed by atoms with Crippen molar-refractivity contribution in [3.05, 3.63) is 88.5 Å². The van der Waals surface area contributed by atoms with Crippen LogP contribution in [0.4, 0.5) is 4.39 Å². The van der Waals surface area contributed by atoms with Gasteiger partial charge >= 0.3 is 0 Å². The molecule has 4 rings (SSSR count). The minimum atomic E-state index is -0.566. The molecule has 0 spiro atoms. The summed E-state index contributed by atoms with van der Waals surface area (Å²) >= 11 is 0. The normalized spacial score (nSPS) is 10.9. The van der Waals surface area contributed by atoms with Crippen molar-refractivity contribution in [2.45, 2.75) is 6.61 Å². The number of ether oxygens (including phenoxy) is 1. The maximum atomic E-state index is 12.9. The fourth-order valence-corrected chi connectivity index (χ4v) is 2.67. The lowest BCUT2D eigenvalue weighted by molar-refractivity contribution is 0.306. The van der Waals surface area contributed by atoms with E-state index in [0.717, 1.165) is 5.56 Å². The SMILES string of the molecule is O=c1c(O)c(-c2ccccn2)oc2ccc(OCc3ccc(F)cc3)cc12. The van der Waals surface area contributed by atoms with Crippen LogP contribution in [0.15, 0.2) is 76.1 Å². The standard InChI is InChI=1S/C21H14FNO4/c22-14-6-4-13(5-7-14)12-26-15-8-9-18-16(11-15)19(24)20(25)21(27-18)17-3-1-2-10-23-17/h1-11,25H,12H2. The molecule has 0 fully saturated rings. The van der Waals surface area contributed by atoms with Crippen LogP contribution < -0.4 is 10.2 Å². The average Bonchev–Trinajstić information content (AvgIpc) is 2.71. The van der Waals surface area contributed by atoms with E-state index in [9.17, 15) is 14.3 Å². The number of benzene rings is 2. The van der Waals surface area contributed by atoms with E-state index in [1.165, 1.54) is 18.2 Å². The van der Waals surface area contributed by atoms with Crippen molar-refractivity contribution in [1.29, 1.82) is 0 Å². The van der Waals surface area contributed by atoms with Gasteiger partial charge in [-0.2, -0.15) is 0 Å². The van der Waals surface area contributed by atoms with E-state index in [2.05, 4.69) is 4.98 Å². The Hall–Kier alpha value is -3.67. The third-order valence-corrected chi connectivity index (χ3v) is 4.05. The summed E-state index contributed by atoms with van der Waals surface area (Å²) in [5.74, 6) is -0.365. The zero-order chi connectivity index (χ0) is 18.8. The van der Waals surface area contributed by atoms with Crippen LogP contribution in [0, 0.1) is 5.82 Å². The monoisotopic (exact) mass is 363 g/mol. The second kappa shape index (κ2) is 6.92. The number of hydrogen-bond acceptors (Lipinski definition) is 5. The smallest absolute Gasteiger partial charge is 0.235 e. The minimum Gasteiger partial charge on any atom is -0.501 e. The van der Waals surface area contributed by atoms with E-state index in [1.54, 1.807) is 48.7 Å². The number of hydrogen-bond donors (Lipinski definition) is 1. The number of nitrogens with zero attached hydrogens (tertiary/aromatic N) is 1. The van der Waals surface area contributed by atoms with Crippen LogP contribution in [-0.4, -0.2) is 10.1 Å². The highest BCUT2D eigenvalue weighted by Gasteiger charge is 2.16. The number of aromatic hydroxyl groups is 1. The Kier molecular flexibility index (Phi) is 4.30. The number of rotatable bonds is 4. The Morgan fingerprint density at radius 3 is 2.63 bits per heavy atom. The lowest BCUT2D eigenvalue weighted by Crippen LogP contribution is -2.04. The molecule has 4 aromatic rings. The Bertz CT molecular complexity index is 1150. The van der Waals surface area contributed by atoms with Gasteiger partial charge in [-0.25, -0.2) is 4.39 Å². The molecule has 0 aliphatic heterocycles. The summed E-state index contributed by atoms with van der Waals surface area (Å²) < 4.78 is 24.3. The zero-order valence-electron chi connectivity index (χ0n) is 14.1. The maximum absolute atomic E-state index is 12.9. The first kappa shape index (κ1) is 16.8. The molecule has 0 bridgehead atoms. The lowest BCUT2D eigenvalue weighted by Gasteiger charge is -2.09. The van der Waals surface area contributed by atoms with E-state index in [1.807, 2.05) is 0 Å². The lowest BCUT2D eigenvalue weighted by atomic mass is 10.1. The van der Waals surface area contributed by atoms with Crippen molar-refractivity contribution in [3.63, 3.8) is 0 Å². The molecular formula is C21H14FNO4. The Morgan fingerprint density at radius 2 is 1.89 bits per heavy atom. The summed E-state index contributed by atoms with van der Waals surface area (Å²) in [6, 6.07) is 15.8. The van der Waals surface area contributed by atoms with Gasteiger partial charge in [-0.3, -0.25) is 9.78 Å². The van der Waals surface area contributed by atoms with Crippen molar-refractivity contribution in [2.75, 3.05) is 0 Å². The van der Waals surface area contributed by atoms with Gasteiger partial charge in [-0.05, 0) is 48.0 Å². The van der Waals surface area contributed by atoms with E-state index in [4.69, 9.17) is 9.15 Å². The summed E-state index contributed by atoms with van der Waals surface area (Å²) in [5, 5.41) is 10.4. The topological polar surface area (TPSA) is 72.6 Å². The van der Waals surface area contributed by atoms with Crippen LogP contribution in [0.2, 0.25) is 0 Å². The summed E-state index contributed by atoms with van der Waals surface area (Å²) in [6.07, 6.45) is 1.55. The zero-order valence-corrected chi connectivity index (χ0v) is 14.1. The number of aromatic nitrogens is 1. The molecule has 1 N–H and O–H groups in total. The molecule has 134 valence electrons. The maximum Gasteiger partial charge on any atom is 0.235 e. The molecule has 2 heterocycles. The van der Waals surface area contributed by atoms with Gasteiger partial charge in [-0.1, -0.05) is 18.2 Å². The van der Waals surface area contributed by atoms with Gasteiger partial charge in [0.25, 0.3) is 0 Å². The van der Waals surface area contributed by atoms with Crippen molar-refractivity contribution < 1.29 is 18.7 Å². The Balaban J connectivity index is 1.67. The summed E-state index contributed by atoms with van der Waals surface area (Å²) in [5.41, 5.74) is 0.902. The van der Waals surface area contributed by atoms with Crippen molar-refractivity contribution in [1.82, 2.24) is 4.98 Å². The van der Waals surface area contributed by atoms with Gasteiger partial charge in [0, 0.05) is 6.20 Å². The quantitative estimate of drug-likeness (QED) is 0.586. The van der Waals surface area contributed by atoms with Gasteiger partial charge in [0.15, 0.2) is 5.76 Å². The molecule has 0 saturated carbocycles. The predicted octanol–water partition coefficient (Wildman–Crippen LogP) is 4.28. The third-order valence-electron chi connectivity index (χ3n) is 4.05. The highest BCUT2D eigenvalue weighted by molar-refractivity contribution is 5.82. The van der Waals surface area contributed by atoms with Crippen LogP contribution in [-0.2, 0) is 6.61 Å². The van der Waals surface area contributed by atoms with Gasteiger partial charge in [0.1, 0.15) is 29.5 Å². The van der Waals surface area contributed by atoms with Crippen molar-refractivity contribution in [3.8, 4) is 23.0 Å². The van der Waals surface area contributed by atoms with Gasteiger partial charge in [-0.15, -0.1) is 0 Å². The van der Waals surface area contributed by atoms with E-state index >= 15 is 0 Å². The Labute approximate surface area is 153 Å². The van der Waals surface area contributed by atoms with Crippen LogP contribution in [0.5, 0.6) is 11.5 Å². The number of halogens is 1. The van der Waals surface area contributed by atoms with Crippen LogP contribution >= 0.6 is 0 Å². The summed E-state index contributed by atoms with van der Waals surface area (Å²) in [6.45, 7) is 0.217. The van der Waals surface area contributed by atoms with Crippen LogP contribution in [0.3, 0.4) is 0 Å². The molecule has 27 heavy (non-hydrogen) atoms. The molecule has 0 unspecified atom stereocenters. The molecule has 5 nitrogen and oxygen atoms in total. The highest BCUT2D eigenvalue weighted by Crippen LogP contribution is 2.30. The highest BCUT2D eigenvalue weighted by atomic mass is 19.1. The molecule has 0 saturated heterocycles. The average molecular weight is 363 g/mol. The van der Waals surface area contributed by atoms with Gasteiger partial charge < -0.3 is 14.3 Å². The first-order chi connectivity index (χ1) is 13.1. The first-order valence-corrected chi connectivity index (χ1v) is 8.20. The molecule has 6 heteroatoms. The molecule has 0 radical (unpaired) electrons. The second-order valence-electron chi connectivity index (χ2n) is 5.90. The van der Waals surface area contributed by atoms with E-state index < -0.39 is 11.2 Å².